The maximum atomic E-state index is 12.2. The van der Waals surface area contributed by atoms with E-state index in [2.05, 4.69) is 31.4 Å². The maximum absolute atomic E-state index is 12.2. The SMILES string of the molecule is O=C(Nc1nnc(COc2ccc(Br)cc2)s1)c1ccccc1Cl. The summed E-state index contributed by atoms with van der Waals surface area (Å²) < 4.78 is 6.60. The number of rotatable bonds is 5. The van der Waals surface area contributed by atoms with Crippen LogP contribution in [-0.2, 0) is 6.61 Å². The monoisotopic (exact) mass is 423 g/mol. The van der Waals surface area contributed by atoms with Crippen LogP contribution in [0.15, 0.2) is 53.0 Å². The van der Waals surface area contributed by atoms with E-state index in [1.54, 1.807) is 24.3 Å². The van der Waals surface area contributed by atoms with Crippen molar-refractivity contribution in [1.29, 1.82) is 0 Å². The van der Waals surface area contributed by atoms with Gasteiger partial charge in [-0.25, -0.2) is 0 Å². The Balaban J connectivity index is 1.60. The Morgan fingerprint density at radius 2 is 1.92 bits per heavy atom. The largest absolute Gasteiger partial charge is 0.486 e. The fourth-order valence-corrected chi connectivity index (χ4v) is 2.98. The van der Waals surface area contributed by atoms with E-state index in [9.17, 15) is 4.79 Å². The topological polar surface area (TPSA) is 64.1 Å². The molecule has 2 aromatic carbocycles. The van der Waals surface area contributed by atoms with Crippen molar-refractivity contribution in [2.45, 2.75) is 6.61 Å². The van der Waals surface area contributed by atoms with Crippen molar-refractivity contribution < 1.29 is 9.53 Å². The highest BCUT2D eigenvalue weighted by atomic mass is 79.9. The average molecular weight is 425 g/mol. The summed E-state index contributed by atoms with van der Waals surface area (Å²) in [6.07, 6.45) is 0. The van der Waals surface area contributed by atoms with Gasteiger partial charge >= 0.3 is 0 Å². The van der Waals surface area contributed by atoms with Crippen LogP contribution < -0.4 is 10.1 Å². The number of hydrogen-bond donors (Lipinski definition) is 1. The molecule has 0 aliphatic rings. The first-order valence-electron chi connectivity index (χ1n) is 6.88. The van der Waals surface area contributed by atoms with E-state index in [1.165, 1.54) is 11.3 Å². The summed E-state index contributed by atoms with van der Waals surface area (Å²) in [4.78, 5) is 12.2. The first-order chi connectivity index (χ1) is 11.6. The quantitative estimate of drug-likeness (QED) is 0.640. The van der Waals surface area contributed by atoms with Crippen LogP contribution in [0.25, 0.3) is 0 Å². The van der Waals surface area contributed by atoms with Crippen LogP contribution in [0.3, 0.4) is 0 Å². The molecule has 0 saturated carbocycles. The van der Waals surface area contributed by atoms with Gasteiger partial charge in [0.05, 0.1) is 10.6 Å². The Kier molecular flexibility index (Phi) is 5.44. The fourth-order valence-electron chi connectivity index (χ4n) is 1.85. The number of nitrogens with one attached hydrogen (secondary N) is 1. The van der Waals surface area contributed by atoms with Crippen molar-refractivity contribution in [2.75, 3.05) is 5.32 Å². The number of anilines is 1. The highest BCUT2D eigenvalue weighted by Gasteiger charge is 2.13. The molecule has 1 aromatic heterocycles. The van der Waals surface area contributed by atoms with Gasteiger partial charge in [0.25, 0.3) is 5.91 Å². The minimum Gasteiger partial charge on any atom is -0.486 e. The minimum atomic E-state index is -0.322. The lowest BCUT2D eigenvalue weighted by atomic mass is 10.2. The third-order valence-electron chi connectivity index (χ3n) is 2.98. The summed E-state index contributed by atoms with van der Waals surface area (Å²) in [5.74, 6) is 0.409. The summed E-state index contributed by atoms with van der Waals surface area (Å²) in [6.45, 7) is 0.279. The number of carbonyl (C=O) groups is 1. The van der Waals surface area contributed by atoms with Crippen LogP contribution in [0.2, 0.25) is 5.02 Å². The zero-order valence-corrected chi connectivity index (χ0v) is 15.4. The number of nitrogens with zero attached hydrogens (tertiary/aromatic N) is 2. The highest BCUT2D eigenvalue weighted by molar-refractivity contribution is 9.10. The molecule has 1 heterocycles. The van der Waals surface area contributed by atoms with Crippen molar-refractivity contribution in [3.63, 3.8) is 0 Å². The van der Waals surface area contributed by atoms with Crippen molar-refractivity contribution in [1.82, 2.24) is 10.2 Å². The Labute approximate surface area is 155 Å². The van der Waals surface area contributed by atoms with Crippen LogP contribution in [-0.4, -0.2) is 16.1 Å². The standard InChI is InChI=1S/C16H11BrClN3O2S/c17-10-5-7-11(8-6-10)23-9-14-20-21-16(24-14)19-15(22)12-3-1-2-4-13(12)18/h1-8H,9H2,(H,19,21,22). The molecule has 1 amide bonds. The van der Waals surface area contributed by atoms with Crippen LogP contribution in [0, 0.1) is 0 Å². The first kappa shape index (κ1) is 16.9. The second kappa shape index (κ2) is 7.74. The molecule has 0 radical (unpaired) electrons. The molecule has 3 aromatic rings. The lowest BCUT2D eigenvalue weighted by Gasteiger charge is -2.03. The van der Waals surface area contributed by atoms with Gasteiger partial charge in [0.15, 0.2) is 5.01 Å². The summed E-state index contributed by atoms with van der Waals surface area (Å²) in [7, 11) is 0. The maximum Gasteiger partial charge on any atom is 0.259 e. The molecule has 24 heavy (non-hydrogen) atoms. The number of halogens is 2. The number of carbonyl (C=O) groups excluding carboxylic acids is 1. The average Bonchev–Trinajstić information content (AvgIpc) is 3.02. The van der Waals surface area contributed by atoms with Crippen molar-refractivity contribution in [3.8, 4) is 5.75 Å². The van der Waals surface area contributed by atoms with Crippen LogP contribution in [0.4, 0.5) is 5.13 Å². The normalized spacial score (nSPS) is 10.4. The van der Waals surface area contributed by atoms with Crippen molar-refractivity contribution >= 4 is 49.9 Å². The van der Waals surface area contributed by atoms with Gasteiger partial charge in [-0.15, -0.1) is 10.2 Å². The van der Waals surface area contributed by atoms with Gasteiger partial charge in [-0.1, -0.05) is 51.0 Å². The molecule has 0 aliphatic carbocycles. The van der Waals surface area contributed by atoms with Gasteiger partial charge in [0.2, 0.25) is 5.13 Å². The Bertz CT molecular complexity index is 855. The van der Waals surface area contributed by atoms with E-state index in [1.807, 2.05) is 24.3 Å². The zero-order chi connectivity index (χ0) is 16.9. The van der Waals surface area contributed by atoms with Gasteiger partial charge < -0.3 is 4.74 Å². The second-order valence-corrected chi connectivity index (χ2v) is 7.06. The zero-order valence-electron chi connectivity index (χ0n) is 12.2. The molecule has 1 N–H and O–H groups in total. The highest BCUT2D eigenvalue weighted by Crippen LogP contribution is 2.22. The predicted octanol–water partition coefficient (Wildman–Crippen LogP) is 4.79. The number of benzene rings is 2. The molecule has 0 saturated heterocycles. The van der Waals surface area contributed by atoms with E-state index in [4.69, 9.17) is 16.3 Å². The molecule has 0 unspecified atom stereocenters. The molecular weight excluding hydrogens is 414 g/mol. The number of amides is 1. The van der Waals surface area contributed by atoms with Crippen molar-refractivity contribution in [3.05, 3.63) is 68.6 Å². The van der Waals surface area contributed by atoms with E-state index in [-0.39, 0.29) is 12.5 Å². The molecule has 3 rings (SSSR count). The van der Waals surface area contributed by atoms with E-state index in [0.717, 1.165) is 10.2 Å². The van der Waals surface area contributed by atoms with E-state index >= 15 is 0 Å². The minimum absolute atomic E-state index is 0.279. The second-order valence-electron chi connectivity index (χ2n) is 4.68. The van der Waals surface area contributed by atoms with E-state index in [0.29, 0.717) is 20.7 Å². The lowest BCUT2D eigenvalue weighted by molar-refractivity contribution is 0.102. The molecule has 8 heteroatoms. The molecule has 0 spiro atoms. The molecule has 122 valence electrons. The third-order valence-corrected chi connectivity index (χ3v) is 4.65. The Morgan fingerprint density at radius 1 is 1.17 bits per heavy atom. The van der Waals surface area contributed by atoms with Gasteiger partial charge in [-0.2, -0.15) is 0 Å². The smallest absolute Gasteiger partial charge is 0.259 e. The molecule has 5 nitrogen and oxygen atoms in total. The molecule has 0 bridgehead atoms. The fraction of sp³-hybridized carbons (Fsp3) is 0.0625. The first-order valence-corrected chi connectivity index (χ1v) is 8.87. The van der Waals surface area contributed by atoms with Gasteiger partial charge in [0.1, 0.15) is 12.4 Å². The van der Waals surface area contributed by atoms with E-state index < -0.39 is 0 Å². The predicted molar refractivity (Wildman–Crippen MR) is 97.8 cm³/mol. The van der Waals surface area contributed by atoms with Gasteiger partial charge in [-0.3, -0.25) is 10.1 Å². The number of ether oxygens (including phenoxy) is 1. The summed E-state index contributed by atoms with van der Waals surface area (Å²) in [5.41, 5.74) is 0.391. The lowest BCUT2D eigenvalue weighted by Crippen LogP contribution is -2.12. The molecule has 0 atom stereocenters. The number of hydrogen-bond acceptors (Lipinski definition) is 5. The summed E-state index contributed by atoms with van der Waals surface area (Å²) >= 11 is 10.6. The number of aromatic nitrogens is 2. The third kappa shape index (κ3) is 4.31. The Morgan fingerprint density at radius 3 is 2.67 bits per heavy atom. The van der Waals surface area contributed by atoms with Crippen LogP contribution in [0.1, 0.15) is 15.4 Å². The van der Waals surface area contributed by atoms with Crippen LogP contribution >= 0.6 is 38.9 Å². The molecule has 0 aliphatic heterocycles. The van der Waals surface area contributed by atoms with Crippen LogP contribution in [0.5, 0.6) is 5.75 Å². The molecule has 0 fully saturated rings. The van der Waals surface area contributed by atoms with Gasteiger partial charge in [-0.05, 0) is 36.4 Å². The van der Waals surface area contributed by atoms with Crippen molar-refractivity contribution in [2.24, 2.45) is 0 Å². The summed E-state index contributed by atoms with van der Waals surface area (Å²) in [6, 6.07) is 14.3. The molecular formula is C16H11BrClN3O2S. The summed E-state index contributed by atoms with van der Waals surface area (Å²) in [5, 5.41) is 12.1. The van der Waals surface area contributed by atoms with Gasteiger partial charge in [0, 0.05) is 4.47 Å². The Hall–Kier alpha value is -1.96.